The molecular formula is C24H28N6O3. The number of anilines is 1. The van der Waals surface area contributed by atoms with Crippen molar-refractivity contribution in [1.29, 1.82) is 0 Å². The standard InChI is InChI=1S/C24H28N6O3/c1-2-15-6-5-7-16(10-15)12-27-22(31)21-11-17(25)13-30(21)24(33)28-19-14-29(23(26)32)20-9-4-3-8-18(19)20/h3-10,14,17,21H,2,11-13,25H2,1H3,(H2,26,32)(H,27,31)(H,28,33)/t17-,21-/m0/s1. The van der Waals surface area contributed by atoms with Crippen molar-refractivity contribution in [3.05, 3.63) is 65.9 Å². The van der Waals surface area contributed by atoms with Crippen LogP contribution in [0.25, 0.3) is 10.9 Å². The second-order valence-corrected chi connectivity index (χ2v) is 8.25. The number of aromatic nitrogens is 1. The summed E-state index contributed by atoms with van der Waals surface area (Å²) in [4.78, 5) is 39.3. The van der Waals surface area contributed by atoms with Crippen molar-refractivity contribution in [1.82, 2.24) is 14.8 Å². The third kappa shape index (κ3) is 4.68. The summed E-state index contributed by atoms with van der Waals surface area (Å²) in [5.74, 6) is -0.250. The Morgan fingerprint density at radius 3 is 2.61 bits per heavy atom. The predicted octanol–water partition coefficient (Wildman–Crippen LogP) is 2.38. The summed E-state index contributed by atoms with van der Waals surface area (Å²) in [6.45, 7) is 2.71. The number of carbonyl (C=O) groups excluding carboxylic acids is 3. The lowest BCUT2D eigenvalue weighted by molar-refractivity contribution is -0.124. The first-order valence-corrected chi connectivity index (χ1v) is 11.0. The summed E-state index contributed by atoms with van der Waals surface area (Å²) in [6, 6.07) is 13.0. The fraction of sp³-hybridized carbons (Fsp3) is 0.292. The number of primary amides is 1. The summed E-state index contributed by atoms with van der Waals surface area (Å²) in [5, 5.41) is 6.42. The number of nitrogens with two attached hydrogens (primary N) is 2. The molecule has 0 spiro atoms. The van der Waals surface area contributed by atoms with Gasteiger partial charge in [0.25, 0.3) is 0 Å². The molecule has 172 valence electrons. The lowest BCUT2D eigenvalue weighted by Gasteiger charge is -2.24. The van der Waals surface area contributed by atoms with Crippen molar-refractivity contribution >= 4 is 34.6 Å². The van der Waals surface area contributed by atoms with E-state index < -0.39 is 18.1 Å². The van der Waals surface area contributed by atoms with E-state index >= 15 is 0 Å². The van der Waals surface area contributed by atoms with Crippen LogP contribution in [0.4, 0.5) is 15.3 Å². The maximum atomic E-state index is 13.1. The summed E-state index contributed by atoms with van der Waals surface area (Å²) in [7, 11) is 0. The average Bonchev–Trinajstić information content (AvgIpc) is 3.39. The number of rotatable bonds is 5. The Hall–Kier alpha value is -3.85. The van der Waals surface area contributed by atoms with Gasteiger partial charge in [-0.15, -0.1) is 0 Å². The topological polar surface area (TPSA) is 135 Å². The van der Waals surface area contributed by atoms with Crippen molar-refractivity contribution in [2.75, 3.05) is 11.9 Å². The molecule has 0 saturated carbocycles. The van der Waals surface area contributed by atoms with Crippen LogP contribution in [0.2, 0.25) is 0 Å². The van der Waals surface area contributed by atoms with E-state index in [9.17, 15) is 14.4 Å². The maximum absolute atomic E-state index is 13.1. The van der Waals surface area contributed by atoms with Crippen molar-refractivity contribution in [2.45, 2.75) is 38.4 Å². The van der Waals surface area contributed by atoms with Gasteiger partial charge in [0.05, 0.1) is 11.2 Å². The number of urea groups is 1. The van der Waals surface area contributed by atoms with E-state index in [1.807, 2.05) is 18.2 Å². The van der Waals surface area contributed by atoms with Crippen LogP contribution in [0.3, 0.4) is 0 Å². The minimum Gasteiger partial charge on any atom is -0.351 e. The van der Waals surface area contributed by atoms with E-state index in [2.05, 4.69) is 23.6 Å². The quantitative estimate of drug-likeness (QED) is 0.476. The second kappa shape index (κ2) is 9.33. The molecule has 3 aromatic rings. The minimum atomic E-state index is -0.682. The maximum Gasteiger partial charge on any atom is 0.323 e. The van der Waals surface area contributed by atoms with Crippen molar-refractivity contribution < 1.29 is 14.4 Å². The number of fused-ring (bicyclic) bond motifs is 1. The minimum absolute atomic E-state index is 0.250. The number of hydrogen-bond acceptors (Lipinski definition) is 4. The molecular weight excluding hydrogens is 420 g/mol. The summed E-state index contributed by atoms with van der Waals surface area (Å²) >= 11 is 0. The van der Waals surface area contributed by atoms with Gasteiger partial charge in [0.15, 0.2) is 0 Å². The number of aryl methyl sites for hydroxylation is 1. The number of benzene rings is 2. The molecule has 1 fully saturated rings. The molecule has 33 heavy (non-hydrogen) atoms. The summed E-state index contributed by atoms with van der Waals surface area (Å²) in [6.07, 6.45) is 2.77. The lowest BCUT2D eigenvalue weighted by atomic mass is 10.1. The van der Waals surface area contributed by atoms with Crippen LogP contribution in [-0.2, 0) is 17.8 Å². The van der Waals surface area contributed by atoms with Crippen molar-refractivity contribution in [2.24, 2.45) is 11.5 Å². The zero-order valence-electron chi connectivity index (χ0n) is 18.5. The number of nitrogens with zero attached hydrogens (tertiary/aromatic N) is 2. The first-order chi connectivity index (χ1) is 15.9. The number of likely N-dealkylation sites (tertiary alicyclic amines) is 1. The third-order valence-corrected chi connectivity index (χ3v) is 5.95. The van der Waals surface area contributed by atoms with Gasteiger partial charge in [-0.2, -0.15) is 0 Å². The number of carbonyl (C=O) groups is 3. The normalized spacial score (nSPS) is 17.8. The van der Waals surface area contributed by atoms with Crippen LogP contribution in [0.5, 0.6) is 0 Å². The molecule has 1 aliphatic rings. The summed E-state index contributed by atoms with van der Waals surface area (Å²) < 4.78 is 1.27. The molecule has 2 heterocycles. The molecule has 2 aromatic carbocycles. The lowest BCUT2D eigenvalue weighted by Crippen LogP contribution is -2.47. The first kappa shape index (κ1) is 22.3. The number of hydrogen-bond donors (Lipinski definition) is 4. The van der Waals surface area contributed by atoms with Gasteiger partial charge >= 0.3 is 12.1 Å². The van der Waals surface area contributed by atoms with Gasteiger partial charge in [-0.3, -0.25) is 9.36 Å². The van der Waals surface area contributed by atoms with Crippen LogP contribution in [0.1, 0.15) is 24.5 Å². The molecule has 0 radical (unpaired) electrons. The average molecular weight is 449 g/mol. The van der Waals surface area contributed by atoms with E-state index in [1.54, 1.807) is 24.3 Å². The van der Waals surface area contributed by atoms with Crippen LogP contribution < -0.4 is 22.1 Å². The second-order valence-electron chi connectivity index (χ2n) is 8.25. The van der Waals surface area contributed by atoms with Crippen LogP contribution >= 0.6 is 0 Å². The molecule has 1 aromatic heterocycles. The highest BCUT2D eigenvalue weighted by molar-refractivity contribution is 6.05. The van der Waals surface area contributed by atoms with E-state index in [0.29, 0.717) is 29.6 Å². The van der Waals surface area contributed by atoms with E-state index in [4.69, 9.17) is 11.5 Å². The number of nitrogens with one attached hydrogen (secondary N) is 2. The predicted molar refractivity (Wildman–Crippen MR) is 127 cm³/mol. The van der Waals surface area contributed by atoms with Gasteiger partial charge in [-0.1, -0.05) is 49.4 Å². The Morgan fingerprint density at radius 1 is 1.09 bits per heavy atom. The SMILES string of the molecule is CCc1cccc(CNC(=O)[C@@H]2C[C@H](N)CN2C(=O)Nc2cn(C(N)=O)c3ccccc23)c1. The van der Waals surface area contributed by atoms with Crippen LogP contribution in [0.15, 0.2) is 54.7 Å². The highest BCUT2D eigenvalue weighted by atomic mass is 16.2. The highest BCUT2D eigenvalue weighted by Crippen LogP contribution is 2.27. The molecule has 4 amide bonds. The van der Waals surface area contributed by atoms with Crippen molar-refractivity contribution in [3.63, 3.8) is 0 Å². The van der Waals surface area contributed by atoms with E-state index in [0.717, 1.165) is 12.0 Å². The Labute approximate surface area is 191 Å². The largest absolute Gasteiger partial charge is 0.351 e. The van der Waals surface area contributed by atoms with Gasteiger partial charge in [0.1, 0.15) is 6.04 Å². The monoisotopic (exact) mass is 448 g/mol. The number of para-hydroxylation sites is 1. The van der Waals surface area contributed by atoms with Crippen LogP contribution in [0, 0.1) is 0 Å². The van der Waals surface area contributed by atoms with Gasteiger partial charge in [0, 0.05) is 30.7 Å². The molecule has 1 aliphatic heterocycles. The fourth-order valence-corrected chi connectivity index (χ4v) is 4.26. The molecule has 6 N–H and O–H groups in total. The van der Waals surface area contributed by atoms with Crippen LogP contribution in [-0.4, -0.2) is 46.1 Å². The third-order valence-electron chi connectivity index (χ3n) is 5.95. The Morgan fingerprint density at radius 2 is 1.85 bits per heavy atom. The molecule has 0 unspecified atom stereocenters. The van der Waals surface area contributed by atoms with Gasteiger partial charge < -0.3 is 27.0 Å². The zero-order chi connectivity index (χ0) is 23.5. The highest BCUT2D eigenvalue weighted by Gasteiger charge is 2.38. The zero-order valence-corrected chi connectivity index (χ0v) is 18.5. The molecule has 2 atom stereocenters. The van der Waals surface area contributed by atoms with Crippen molar-refractivity contribution in [3.8, 4) is 0 Å². The molecule has 0 bridgehead atoms. The molecule has 1 saturated heterocycles. The first-order valence-electron chi connectivity index (χ1n) is 11.0. The smallest absolute Gasteiger partial charge is 0.323 e. The van der Waals surface area contributed by atoms with E-state index in [1.165, 1.54) is 21.2 Å². The molecule has 9 nitrogen and oxygen atoms in total. The molecule has 4 rings (SSSR count). The Kier molecular flexibility index (Phi) is 6.32. The van der Waals surface area contributed by atoms with E-state index in [-0.39, 0.29) is 18.5 Å². The van der Waals surface area contributed by atoms with Gasteiger partial charge in [-0.05, 0) is 30.0 Å². The Bertz CT molecular complexity index is 1200. The number of amides is 4. The Balaban J connectivity index is 1.48. The van der Waals surface area contributed by atoms with Gasteiger partial charge in [0.2, 0.25) is 5.91 Å². The summed E-state index contributed by atoms with van der Waals surface area (Å²) in [5.41, 5.74) is 14.8. The molecule has 9 heteroatoms. The van der Waals surface area contributed by atoms with Gasteiger partial charge in [-0.25, -0.2) is 9.59 Å². The molecule has 0 aliphatic carbocycles. The fourth-order valence-electron chi connectivity index (χ4n) is 4.26.